The summed E-state index contributed by atoms with van der Waals surface area (Å²) < 4.78 is 6.34. The number of aromatic nitrogens is 1. The molecule has 5 rings (SSSR count). The lowest BCUT2D eigenvalue weighted by molar-refractivity contribution is -0.116. The van der Waals surface area contributed by atoms with Crippen LogP contribution in [0.15, 0.2) is 63.8 Å². The molecule has 0 fully saturated rings. The van der Waals surface area contributed by atoms with Crippen LogP contribution in [0, 0.1) is 6.92 Å². The van der Waals surface area contributed by atoms with E-state index in [0.29, 0.717) is 32.5 Å². The van der Waals surface area contributed by atoms with Crippen molar-refractivity contribution in [3.05, 3.63) is 91.9 Å². The van der Waals surface area contributed by atoms with Gasteiger partial charge in [-0.2, -0.15) is 0 Å². The lowest BCUT2D eigenvalue weighted by Gasteiger charge is -2.17. The Bertz CT molecular complexity index is 1590. The molecule has 1 aliphatic heterocycles. The van der Waals surface area contributed by atoms with Gasteiger partial charge in [0.1, 0.15) is 6.54 Å². The lowest BCUT2D eigenvalue weighted by atomic mass is 10.1. The van der Waals surface area contributed by atoms with Crippen LogP contribution < -0.4 is 16.0 Å². The van der Waals surface area contributed by atoms with Crippen LogP contribution >= 0.6 is 23.2 Å². The van der Waals surface area contributed by atoms with Gasteiger partial charge in [0, 0.05) is 21.8 Å². The van der Waals surface area contributed by atoms with E-state index < -0.39 is 23.5 Å². The number of rotatable bonds is 4. The average Bonchev–Trinajstić information content (AvgIpc) is 3.21. The number of fused-ring (bicyclic) bond motifs is 2. The maximum absolute atomic E-state index is 12.8. The number of benzene rings is 3. The number of hydrogen-bond acceptors (Lipinski definition) is 5. The molecular weight excluding hydrogens is 481 g/mol. The number of carbonyl (C=O) groups excluding carboxylic acids is 3. The molecule has 1 aromatic heterocycles. The van der Waals surface area contributed by atoms with Gasteiger partial charge in [-0.25, -0.2) is 9.69 Å². The molecule has 1 N–H and O–H groups in total. The summed E-state index contributed by atoms with van der Waals surface area (Å²) >= 11 is 11.9. The van der Waals surface area contributed by atoms with Crippen LogP contribution in [-0.2, 0) is 11.3 Å². The van der Waals surface area contributed by atoms with Crippen molar-refractivity contribution in [2.75, 3.05) is 10.2 Å². The zero-order valence-corrected chi connectivity index (χ0v) is 19.1. The Morgan fingerprint density at radius 2 is 1.62 bits per heavy atom. The number of anilines is 2. The molecule has 8 nitrogen and oxygen atoms in total. The number of nitrogens with one attached hydrogen (secondary N) is 1. The molecule has 1 aliphatic rings. The second kappa shape index (κ2) is 8.16. The first-order valence-electron chi connectivity index (χ1n) is 10.1. The predicted octanol–water partition coefficient (Wildman–Crippen LogP) is 4.65. The highest BCUT2D eigenvalue weighted by Gasteiger charge is 2.37. The van der Waals surface area contributed by atoms with Crippen molar-refractivity contribution >= 4 is 63.4 Å². The third-order valence-electron chi connectivity index (χ3n) is 5.50. The zero-order chi connectivity index (χ0) is 24.1. The topological polar surface area (TPSA) is 102 Å². The lowest BCUT2D eigenvalue weighted by Crippen LogP contribution is -2.30. The molecule has 170 valence electrons. The molecule has 2 heterocycles. The van der Waals surface area contributed by atoms with E-state index in [4.69, 9.17) is 27.6 Å². The van der Waals surface area contributed by atoms with Crippen molar-refractivity contribution in [2.45, 2.75) is 13.5 Å². The smallest absolute Gasteiger partial charge is 0.408 e. The molecule has 3 amide bonds. The highest BCUT2D eigenvalue weighted by atomic mass is 35.5. The van der Waals surface area contributed by atoms with E-state index in [2.05, 4.69) is 5.32 Å². The Morgan fingerprint density at radius 1 is 0.912 bits per heavy atom. The highest BCUT2D eigenvalue weighted by Crippen LogP contribution is 2.33. The van der Waals surface area contributed by atoms with Crippen molar-refractivity contribution in [2.24, 2.45) is 0 Å². The number of amides is 3. The van der Waals surface area contributed by atoms with Crippen molar-refractivity contribution in [3.63, 3.8) is 0 Å². The van der Waals surface area contributed by atoms with Crippen molar-refractivity contribution < 1.29 is 18.8 Å². The summed E-state index contributed by atoms with van der Waals surface area (Å²) in [5.74, 6) is -2.04. The molecule has 10 heteroatoms. The first-order valence-corrected chi connectivity index (χ1v) is 10.9. The molecule has 34 heavy (non-hydrogen) atoms. The molecule has 0 radical (unpaired) electrons. The fourth-order valence-electron chi connectivity index (χ4n) is 3.95. The normalized spacial score (nSPS) is 13.0. The standard InChI is InChI=1S/C24H15Cl2N3O5/c1-12-8-15(27-21(30)11-28-19-6-3-14(26)10-20(19)34-24(28)33)4-7-18(12)29-22(31)16-5-2-13(25)9-17(16)23(29)32/h2-10H,11H2,1H3,(H,27,30). The minimum absolute atomic E-state index is 0.244. The van der Waals surface area contributed by atoms with E-state index in [0.717, 1.165) is 4.90 Å². The maximum Gasteiger partial charge on any atom is 0.420 e. The molecule has 0 saturated heterocycles. The minimum Gasteiger partial charge on any atom is -0.408 e. The van der Waals surface area contributed by atoms with E-state index >= 15 is 0 Å². The molecule has 0 bridgehead atoms. The van der Waals surface area contributed by atoms with Gasteiger partial charge in [-0.3, -0.25) is 19.0 Å². The maximum atomic E-state index is 12.8. The molecular formula is C24H15Cl2N3O5. The van der Waals surface area contributed by atoms with Crippen LogP contribution in [0.5, 0.6) is 0 Å². The summed E-state index contributed by atoms with van der Waals surface area (Å²) in [7, 11) is 0. The van der Waals surface area contributed by atoms with Crippen LogP contribution in [-0.4, -0.2) is 22.3 Å². The number of carbonyl (C=O) groups is 3. The monoisotopic (exact) mass is 495 g/mol. The van der Waals surface area contributed by atoms with Gasteiger partial charge < -0.3 is 9.73 Å². The fourth-order valence-corrected chi connectivity index (χ4v) is 4.28. The van der Waals surface area contributed by atoms with Crippen LogP contribution in [0.3, 0.4) is 0 Å². The molecule has 0 unspecified atom stereocenters. The minimum atomic E-state index is -0.676. The van der Waals surface area contributed by atoms with E-state index in [1.165, 1.54) is 22.8 Å². The largest absolute Gasteiger partial charge is 0.420 e. The van der Waals surface area contributed by atoms with E-state index in [1.807, 2.05) is 0 Å². The first kappa shape index (κ1) is 21.9. The van der Waals surface area contributed by atoms with Crippen molar-refractivity contribution in [1.82, 2.24) is 4.57 Å². The third-order valence-corrected chi connectivity index (χ3v) is 5.97. The number of nitrogens with zero attached hydrogens (tertiary/aromatic N) is 2. The van der Waals surface area contributed by atoms with Crippen LogP contribution in [0.2, 0.25) is 10.0 Å². The summed E-state index contributed by atoms with van der Waals surface area (Å²) in [6, 6.07) is 14.0. The van der Waals surface area contributed by atoms with E-state index in [9.17, 15) is 19.2 Å². The molecule has 4 aromatic rings. The van der Waals surface area contributed by atoms with Gasteiger partial charge in [-0.05, 0) is 61.0 Å². The van der Waals surface area contributed by atoms with Gasteiger partial charge >= 0.3 is 5.76 Å². The Balaban J connectivity index is 1.36. The predicted molar refractivity (Wildman–Crippen MR) is 128 cm³/mol. The number of oxazole rings is 1. The van der Waals surface area contributed by atoms with Gasteiger partial charge in [0.15, 0.2) is 5.58 Å². The van der Waals surface area contributed by atoms with Crippen LogP contribution in [0.4, 0.5) is 11.4 Å². The van der Waals surface area contributed by atoms with Gasteiger partial charge in [0.25, 0.3) is 11.8 Å². The number of hydrogen-bond donors (Lipinski definition) is 1. The quantitative estimate of drug-likeness (QED) is 0.415. The Kier molecular flexibility index (Phi) is 5.27. The first-order chi connectivity index (χ1) is 16.2. The van der Waals surface area contributed by atoms with E-state index in [-0.39, 0.29) is 23.3 Å². The number of imide groups is 1. The molecule has 0 atom stereocenters. The van der Waals surface area contributed by atoms with Crippen LogP contribution in [0.25, 0.3) is 11.1 Å². The number of halogens is 2. The molecule has 0 saturated carbocycles. The van der Waals surface area contributed by atoms with Gasteiger partial charge in [-0.15, -0.1) is 0 Å². The van der Waals surface area contributed by atoms with Crippen LogP contribution in [0.1, 0.15) is 26.3 Å². The van der Waals surface area contributed by atoms with Gasteiger partial charge in [-0.1, -0.05) is 23.2 Å². The fraction of sp³-hybridized carbons (Fsp3) is 0.0833. The summed E-state index contributed by atoms with van der Waals surface area (Å²) in [5, 5.41) is 3.49. The Hall–Kier alpha value is -3.88. The molecule has 3 aromatic carbocycles. The summed E-state index contributed by atoms with van der Waals surface area (Å²) in [5.41, 5.74) is 2.69. The van der Waals surface area contributed by atoms with Gasteiger partial charge in [0.05, 0.1) is 22.3 Å². The van der Waals surface area contributed by atoms with E-state index in [1.54, 1.807) is 43.3 Å². The number of aryl methyl sites for hydroxylation is 1. The molecule has 0 aliphatic carbocycles. The Labute approximate surface area is 202 Å². The van der Waals surface area contributed by atoms with Crippen molar-refractivity contribution in [3.8, 4) is 0 Å². The Morgan fingerprint density at radius 3 is 2.38 bits per heavy atom. The molecule has 0 spiro atoms. The highest BCUT2D eigenvalue weighted by molar-refractivity contribution is 6.37. The third kappa shape index (κ3) is 3.67. The SMILES string of the molecule is Cc1cc(NC(=O)Cn2c(=O)oc3cc(Cl)ccc32)ccc1N1C(=O)c2ccc(Cl)cc2C1=O. The second-order valence-corrected chi connectivity index (χ2v) is 8.62. The zero-order valence-electron chi connectivity index (χ0n) is 17.6. The summed E-state index contributed by atoms with van der Waals surface area (Å²) in [6.45, 7) is 1.45. The summed E-state index contributed by atoms with van der Waals surface area (Å²) in [6.07, 6.45) is 0. The van der Waals surface area contributed by atoms with Crippen molar-refractivity contribution in [1.29, 1.82) is 0 Å². The van der Waals surface area contributed by atoms with Gasteiger partial charge in [0.2, 0.25) is 5.91 Å². The second-order valence-electron chi connectivity index (χ2n) is 7.75. The average molecular weight is 496 g/mol. The summed E-state index contributed by atoms with van der Waals surface area (Å²) in [4.78, 5) is 51.5.